The minimum Gasteiger partial charge on any atom is -0.373 e. The number of thiophene rings is 1. The van der Waals surface area contributed by atoms with E-state index < -0.39 is 0 Å². The summed E-state index contributed by atoms with van der Waals surface area (Å²) in [4.78, 5) is 6.59. The maximum absolute atomic E-state index is 6.01. The molecule has 0 amide bonds. The lowest BCUT2D eigenvalue weighted by atomic mass is 10.0. The number of morpholine rings is 1. The largest absolute Gasteiger partial charge is 0.373 e. The van der Waals surface area contributed by atoms with Crippen molar-refractivity contribution in [3.8, 4) is 0 Å². The van der Waals surface area contributed by atoms with E-state index in [0.29, 0.717) is 12.2 Å². The maximum Gasteiger partial charge on any atom is 0.0931 e. The zero-order chi connectivity index (χ0) is 14.8. The molecule has 2 atom stereocenters. The molecule has 1 aromatic heterocycles. The highest BCUT2D eigenvalue weighted by atomic mass is 35.5. The fraction of sp³-hybridized carbons (Fsp3) is 0.750. The minimum atomic E-state index is 0.375. The summed E-state index contributed by atoms with van der Waals surface area (Å²) in [6.07, 6.45) is 3.30. The van der Waals surface area contributed by atoms with Crippen LogP contribution in [0.1, 0.15) is 31.6 Å². The van der Waals surface area contributed by atoms with Gasteiger partial charge in [-0.15, -0.1) is 11.3 Å². The Hall–Kier alpha value is -0.130. The molecule has 5 heteroatoms. The van der Waals surface area contributed by atoms with Gasteiger partial charge in [0.2, 0.25) is 0 Å². The molecule has 0 unspecified atom stereocenters. The highest BCUT2D eigenvalue weighted by Gasteiger charge is 2.30. The second kappa shape index (κ2) is 6.97. The highest BCUT2D eigenvalue weighted by molar-refractivity contribution is 7.16. The van der Waals surface area contributed by atoms with E-state index in [1.54, 1.807) is 11.3 Å². The zero-order valence-corrected chi connectivity index (χ0v) is 14.5. The monoisotopic (exact) mass is 328 g/mol. The number of ether oxygens (including phenoxy) is 1. The average Bonchev–Trinajstić information content (AvgIpc) is 2.84. The van der Waals surface area contributed by atoms with Crippen LogP contribution in [0, 0.1) is 0 Å². The quantitative estimate of drug-likeness (QED) is 0.845. The van der Waals surface area contributed by atoms with Crippen LogP contribution in [0.25, 0.3) is 0 Å². The molecule has 0 bridgehead atoms. The first-order valence-electron chi connectivity index (χ1n) is 7.96. The number of halogens is 1. The summed E-state index contributed by atoms with van der Waals surface area (Å²) in [5.41, 5.74) is 0. The number of nitrogens with zero attached hydrogens (tertiary/aromatic N) is 2. The lowest BCUT2D eigenvalue weighted by molar-refractivity contribution is -0.0865. The average molecular weight is 329 g/mol. The highest BCUT2D eigenvalue weighted by Crippen LogP contribution is 2.26. The second-order valence-electron chi connectivity index (χ2n) is 6.42. The molecular weight excluding hydrogens is 304 g/mol. The van der Waals surface area contributed by atoms with E-state index in [4.69, 9.17) is 16.3 Å². The molecule has 1 aromatic rings. The number of likely N-dealkylation sites (tertiary alicyclic amines) is 1. The number of rotatable bonds is 3. The van der Waals surface area contributed by atoms with Crippen LogP contribution in [0.4, 0.5) is 0 Å². The van der Waals surface area contributed by atoms with Crippen molar-refractivity contribution < 1.29 is 4.74 Å². The van der Waals surface area contributed by atoms with Crippen molar-refractivity contribution in [1.82, 2.24) is 9.80 Å². The van der Waals surface area contributed by atoms with Gasteiger partial charge in [-0.2, -0.15) is 0 Å². The van der Waals surface area contributed by atoms with Gasteiger partial charge in [0.05, 0.1) is 16.5 Å². The van der Waals surface area contributed by atoms with Crippen molar-refractivity contribution in [2.45, 2.75) is 51.5 Å². The Kier molecular flexibility index (Phi) is 5.23. The fourth-order valence-electron chi connectivity index (χ4n) is 3.62. The van der Waals surface area contributed by atoms with Crippen LogP contribution in [0.5, 0.6) is 0 Å². The first kappa shape index (κ1) is 15.8. The topological polar surface area (TPSA) is 15.7 Å². The van der Waals surface area contributed by atoms with E-state index in [2.05, 4.69) is 29.7 Å². The molecule has 2 aliphatic heterocycles. The third-order valence-electron chi connectivity index (χ3n) is 4.53. The Morgan fingerprint density at radius 3 is 2.43 bits per heavy atom. The molecule has 0 saturated carbocycles. The summed E-state index contributed by atoms with van der Waals surface area (Å²) in [6, 6.07) is 4.90. The summed E-state index contributed by atoms with van der Waals surface area (Å²) >= 11 is 7.72. The van der Waals surface area contributed by atoms with Crippen molar-refractivity contribution in [2.75, 3.05) is 26.2 Å². The van der Waals surface area contributed by atoms with Gasteiger partial charge in [-0.1, -0.05) is 11.6 Å². The Bertz CT molecular complexity index is 449. The first-order chi connectivity index (χ1) is 10.1. The van der Waals surface area contributed by atoms with E-state index in [1.807, 2.05) is 6.07 Å². The van der Waals surface area contributed by atoms with Crippen LogP contribution in [0.3, 0.4) is 0 Å². The van der Waals surface area contributed by atoms with E-state index in [1.165, 1.54) is 30.8 Å². The number of hydrogen-bond donors (Lipinski definition) is 0. The molecule has 21 heavy (non-hydrogen) atoms. The van der Waals surface area contributed by atoms with Crippen molar-refractivity contribution in [3.05, 3.63) is 21.3 Å². The molecule has 0 aliphatic carbocycles. The lowest BCUT2D eigenvalue weighted by Gasteiger charge is -2.43. The summed E-state index contributed by atoms with van der Waals surface area (Å²) in [5.74, 6) is 0. The smallest absolute Gasteiger partial charge is 0.0931 e. The van der Waals surface area contributed by atoms with Gasteiger partial charge in [-0.25, -0.2) is 0 Å². The van der Waals surface area contributed by atoms with Gasteiger partial charge >= 0.3 is 0 Å². The lowest BCUT2D eigenvalue weighted by Crippen LogP contribution is -2.53. The molecule has 0 radical (unpaired) electrons. The molecule has 0 N–H and O–H groups in total. The van der Waals surface area contributed by atoms with Gasteiger partial charge < -0.3 is 4.74 Å². The third kappa shape index (κ3) is 4.20. The molecule has 3 heterocycles. The van der Waals surface area contributed by atoms with Crippen LogP contribution < -0.4 is 0 Å². The molecule has 118 valence electrons. The predicted molar refractivity (Wildman–Crippen MR) is 89.2 cm³/mol. The normalized spacial score (nSPS) is 29.9. The van der Waals surface area contributed by atoms with E-state index in [0.717, 1.165) is 30.0 Å². The van der Waals surface area contributed by atoms with Crippen molar-refractivity contribution in [3.63, 3.8) is 0 Å². The Balaban J connectivity index is 1.48. The van der Waals surface area contributed by atoms with Crippen LogP contribution >= 0.6 is 22.9 Å². The van der Waals surface area contributed by atoms with Crippen LogP contribution in [-0.2, 0) is 11.3 Å². The zero-order valence-electron chi connectivity index (χ0n) is 12.9. The molecule has 0 spiro atoms. The fourth-order valence-corrected chi connectivity index (χ4v) is 4.75. The van der Waals surface area contributed by atoms with Crippen LogP contribution in [0.2, 0.25) is 4.34 Å². The Morgan fingerprint density at radius 1 is 1.19 bits per heavy atom. The minimum absolute atomic E-state index is 0.375. The van der Waals surface area contributed by atoms with Crippen molar-refractivity contribution in [2.24, 2.45) is 0 Å². The second-order valence-corrected chi connectivity index (χ2v) is 8.22. The molecule has 2 fully saturated rings. The van der Waals surface area contributed by atoms with Gasteiger partial charge in [0.15, 0.2) is 0 Å². The third-order valence-corrected chi connectivity index (χ3v) is 5.75. The number of hydrogen-bond acceptors (Lipinski definition) is 4. The summed E-state index contributed by atoms with van der Waals surface area (Å²) in [7, 11) is 0. The molecule has 3 nitrogen and oxygen atoms in total. The summed E-state index contributed by atoms with van der Waals surface area (Å²) < 4.78 is 6.75. The molecule has 2 saturated heterocycles. The van der Waals surface area contributed by atoms with E-state index in [9.17, 15) is 0 Å². The molecule has 0 aromatic carbocycles. The van der Waals surface area contributed by atoms with Gasteiger partial charge in [-0.3, -0.25) is 9.80 Å². The first-order valence-corrected chi connectivity index (χ1v) is 9.15. The van der Waals surface area contributed by atoms with Crippen molar-refractivity contribution in [1.29, 1.82) is 0 Å². The van der Waals surface area contributed by atoms with Crippen LogP contribution in [0.15, 0.2) is 12.1 Å². The molecule has 2 aliphatic rings. The predicted octanol–water partition coefficient (Wildman–Crippen LogP) is 3.48. The Labute approximate surface area is 136 Å². The van der Waals surface area contributed by atoms with Gasteiger partial charge in [0.25, 0.3) is 0 Å². The van der Waals surface area contributed by atoms with E-state index >= 15 is 0 Å². The van der Waals surface area contributed by atoms with E-state index in [-0.39, 0.29) is 0 Å². The maximum atomic E-state index is 6.01. The Morgan fingerprint density at radius 2 is 1.86 bits per heavy atom. The summed E-state index contributed by atoms with van der Waals surface area (Å²) in [5, 5.41) is 0. The van der Waals surface area contributed by atoms with Gasteiger partial charge in [0, 0.05) is 43.6 Å². The van der Waals surface area contributed by atoms with Gasteiger partial charge in [0.1, 0.15) is 0 Å². The van der Waals surface area contributed by atoms with Crippen LogP contribution in [-0.4, -0.2) is 54.2 Å². The standard InChI is InChI=1S/C16H25ClN2OS/c1-12-9-19(10-13(2)20-12)14-5-7-18(8-6-14)11-15-3-4-16(17)21-15/h3-4,12-14H,5-11H2,1-2H3/t12-,13+. The SMILES string of the molecule is C[C@@H]1CN(C2CCN(Cc3ccc(Cl)s3)CC2)C[C@H](C)O1. The van der Waals surface area contributed by atoms with Crippen molar-refractivity contribution >= 4 is 22.9 Å². The molecule has 3 rings (SSSR count). The summed E-state index contributed by atoms with van der Waals surface area (Å²) in [6.45, 7) is 10.0. The van der Waals surface area contributed by atoms with Gasteiger partial charge in [-0.05, 0) is 38.8 Å². The number of piperidine rings is 1. The molecular formula is C16H25ClN2OS.